The highest BCUT2D eigenvalue weighted by Gasteiger charge is 2.08. The Labute approximate surface area is 130 Å². The number of carbonyl (C=O) groups excluding carboxylic acids is 1. The lowest BCUT2D eigenvalue weighted by atomic mass is 9.97. The van der Waals surface area contributed by atoms with E-state index in [-0.39, 0.29) is 5.91 Å². The molecule has 1 aromatic carbocycles. The van der Waals surface area contributed by atoms with E-state index in [1.54, 1.807) is 0 Å². The quantitative estimate of drug-likeness (QED) is 0.857. The normalized spacial score (nSPS) is 14.9. The Kier molecular flexibility index (Phi) is 4.56. The summed E-state index contributed by atoms with van der Waals surface area (Å²) < 4.78 is 5.44. The van der Waals surface area contributed by atoms with Gasteiger partial charge in [0.05, 0.1) is 6.42 Å². The average Bonchev–Trinajstić information content (AvgIpc) is 2.87. The largest absolute Gasteiger partial charge is 0.441 e. The van der Waals surface area contributed by atoms with Crippen LogP contribution in [0.4, 0.5) is 0 Å². The smallest absolute Gasteiger partial charge is 0.224 e. The second-order valence-electron chi connectivity index (χ2n) is 5.92. The summed E-state index contributed by atoms with van der Waals surface area (Å²) in [4.78, 5) is 16.3. The maximum Gasteiger partial charge on any atom is 0.224 e. The first-order valence-corrected chi connectivity index (χ1v) is 8.01. The Balaban J connectivity index is 1.50. The number of fused-ring (bicyclic) bond motifs is 1. The number of hydrogen-bond acceptors (Lipinski definition) is 3. The molecule has 0 spiro atoms. The zero-order chi connectivity index (χ0) is 15.4. The van der Waals surface area contributed by atoms with Crippen molar-refractivity contribution >= 4 is 17.0 Å². The summed E-state index contributed by atoms with van der Waals surface area (Å²) in [6, 6.07) is 5.73. The predicted molar refractivity (Wildman–Crippen MR) is 86.6 cm³/mol. The van der Waals surface area contributed by atoms with Gasteiger partial charge in [0.1, 0.15) is 5.52 Å². The number of allylic oxidation sites excluding steroid dienone is 1. The molecule has 0 saturated heterocycles. The fourth-order valence-electron chi connectivity index (χ4n) is 2.94. The Morgan fingerprint density at radius 1 is 1.36 bits per heavy atom. The standard InChI is InChI=1S/C18H22N2O2/c1-13-20-16-11-15(7-8-17(16)22-13)12-18(21)19-10-9-14-5-3-2-4-6-14/h5,7-8,11H,2-4,6,9-10,12H2,1H3,(H,19,21). The minimum absolute atomic E-state index is 0.0657. The lowest BCUT2D eigenvalue weighted by Crippen LogP contribution is -2.26. The predicted octanol–water partition coefficient (Wildman–Crippen LogP) is 3.69. The molecule has 0 aliphatic heterocycles. The van der Waals surface area contributed by atoms with Gasteiger partial charge in [0.2, 0.25) is 5.91 Å². The van der Waals surface area contributed by atoms with Gasteiger partial charge in [-0.15, -0.1) is 0 Å². The maximum absolute atomic E-state index is 12.0. The van der Waals surface area contributed by atoms with E-state index in [9.17, 15) is 4.79 Å². The van der Waals surface area contributed by atoms with Crippen molar-refractivity contribution in [2.45, 2.75) is 45.4 Å². The number of rotatable bonds is 5. The summed E-state index contributed by atoms with van der Waals surface area (Å²) >= 11 is 0. The van der Waals surface area contributed by atoms with Crippen LogP contribution in [0.15, 0.2) is 34.3 Å². The molecule has 116 valence electrons. The van der Waals surface area contributed by atoms with Crippen LogP contribution in [0.3, 0.4) is 0 Å². The molecule has 22 heavy (non-hydrogen) atoms. The molecule has 0 bridgehead atoms. The molecule has 2 aromatic rings. The van der Waals surface area contributed by atoms with Gasteiger partial charge in [-0.2, -0.15) is 0 Å². The number of hydrogen-bond donors (Lipinski definition) is 1. The number of benzene rings is 1. The van der Waals surface area contributed by atoms with Crippen molar-refractivity contribution in [2.75, 3.05) is 6.54 Å². The van der Waals surface area contributed by atoms with Crippen molar-refractivity contribution in [1.29, 1.82) is 0 Å². The molecule has 0 atom stereocenters. The average molecular weight is 298 g/mol. The van der Waals surface area contributed by atoms with Crippen LogP contribution in [0.2, 0.25) is 0 Å². The number of oxazole rings is 1. The lowest BCUT2D eigenvalue weighted by molar-refractivity contribution is -0.120. The van der Waals surface area contributed by atoms with Crippen molar-refractivity contribution in [3.63, 3.8) is 0 Å². The monoisotopic (exact) mass is 298 g/mol. The highest BCUT2D eigenvalue weighted by Crippen LogP contribution is 2.19. The molecule has 1 N–H and O–H groups in total. The first-order valence-electron chi connectivity index (χ1n) is 8.01. The molecule has 4 heteroatoms. The van der Waals surface area contributed by atoms with Crippen molar-refractivity contribution < 1.29 is 9.21 Å². The second-order valence-corrected chi connectivity index (χ2v) is 5.92. The highest BCUT2D eigenvalue weighted by atomic mass is 16.3. The summed E-state index contributed by atoms with van der Waals surface area (Å²) in [6.07, 6.45) is 8.68. The number of aryl methyl sites for hydroxylation is 1. The maximum atomic E-state index is 12.0. The molecule has 1 heterocycles. The van der Waals surface area contributed by atoms with Crippen molar-refractivity contribution in [3.8, 4) is 0 Å². The van der Waals surface area contributed by atoms with E-state index in [2.05, 4.69) is 16.4 Å². The summed E-state index contributed by atoms with van der Waals surface area (Å²) in [5.74, 6) is 0.716. The molecule has 1 aromatic heterocycles. The third-order valence-electron chi connectivity index (χ3n) is 4.08. The molecule has 1 aliphatic carbocycles. The minimum Gasteiger partial charge on any atom is -0.441 e. The molecule has 0 saturated carbocycles. The van der Waals surface area contributed by atoms with E-state index in [0.717, 1.165) is 29.6 Å². The SMILES string of the molecule is Cc1nc2cc(CC(=O)NCCC3=CCCCC3)ccc2o1. The molecular weight excluding hydrogens is 276 g/mol. The van der Waals surface area contributed by atoms with Crippen LogP contribution >= 0.6 is 0 Å². The molecule has 1 amide bonds. The van der Waals surface area contributed by atoms with Crippen LogP contribution in [0.25, 0.3) is 11.1 Å². The number of amides is 1. The molecular formula is C18H22N2O2. The van der Waals surface area contributed by atoms with Gasteiger partial charge >= 0.3 is 0 Å². The van der Waals surface area contributed by atoms with Gasteiger partial charge in [0.25, 0.3) is 0 Å². The fraction of sp³-hybridized carbons (Fsp3) is 0.444. The number of aromatic nitrogens is 1. The summed E-state index contributed by atoms with van der Waals surface area (Å²) in [7, 11) is 0. The molecule has 4 nitrogen and oxygen atoms in total. The molecule has 0 unspecified atom stereocenters. The van der Waals surface area contributed by atoms with E-state index in [1.165, 1.54) is 31.3 Å². The van der Waals surface area contributed by atoms with Crippen LogP contribution in [-0.4, -0.2) is 17.4 Å². The lowest BCUT2D eigenvalue weighted by Gasteiger charge is -2.12. The first kappa shape index (κ1) is 14.8. The first-order chi connectivity index (χ1) is 10.7. The molecule has 1 aliphatic rings. The third kappa shape index (κ3) is 3.75. The number of nitrogens with one attached hydrogen (secondary N) is 1. The molecule has 0 fully saturated rings. The van der Waals surface area contributed by atoms with Gasteiger partial charge in [0, 0.05) is 13.5 Å². The van der Waals surface area contributed by atoms with Gasteiger partial charge in [0.15, 0.2) is 11.5 Å². The van der Waals surface area contributed by atoms with Crippen molar-refractivity contribution in [1.82, 2.24) is 10.3 Å². The summed E-state index contributed by atoms with van der Waals surface area (Å²) in [5.41, 5.74) is 4.04. The van der Waals surface area contributed by atoms with Gasteiger partial charge in [-0.1, -0.05) is 17.7 Å². The Hall–Kier alpha value is -2.10. The highest BCUT2D eigenvalue weighted by molar-refractivity contribution is 5.81. The summed E-state index contributed by atoms with van der Waals surface area (Å²) in [6.45, 7) is 2.56. The molecule has 3 rings (SSSR count). The number of carbonyl (C=O) groups is 1. The topological polar surface area (TPSA) is 55.1 Å². The minimum atomic E-state index is 0.0657. The van der Waals surface area contributed by atoms with Crippen molar-refractivity contribution in [2.24, 2.45) is 0 Å². The van der Waals surface area contributed by atoms with E-state index >= 15 is 0 Å². The van der Waals surface area contributed by atoms with E-state index in [1.807, 2.05) is 25.1 Å². The molecule has 0 radical (unpaired) electrons. The zero-order valence-electron chi connectivity index (χ0n) is 13.0. The van der Waals surface area contributed by atoms with Crippen LogP contribution in [0, 0.1) is 6.92 Å². The van der Waals surface area contributed by atoms with Gasteiger partial charge in [-0.25, -0.2) is 4.98 Å². The van der Waals surface area contributed by atoms with Gasteiger partial charge < -0.3 is 9.73 Å². The Morgan fingerprint density at radius 2 is 2.27 bits per heavy atom. The van der Waals surface area contributed by atoms with Gasteiger partial charge in [-0.05, 0) is 49.8 Å². The number of nitrogens with zero attached hydrogens (tertiary/aromatic N) is 1. The van der Waals surface area contributed by atoms with Crippen molar-refractivity contribution in [3.05, 3.63) is 41.3 Å². The third-order valence-corrected chi connectivity index (χ3v) is 4.08. The Morgan fingerprint density at radius 3 is 3.09 bits per heavy atom. The van der Waals surface area contributed by atoms with Gasteiger partial charge in [-0.3, -0.25) is 4.79 Å². The van der Waals surface area contributed by atoms with Crippen LogP contribution in [0.5, 0.6) is 0 Å². The summed E-state index contributed by atoms with van der Waals surface area (Å²) in [5, 5.41) is 3.01. The van der Waals surface area contributed by atoms with Crippen LogP contribution < -0.4 is 5.32 Å². The van der Waals surface area contributed by atoms with Crippen LogP contribution in [-0.2, 0) is 11.2 Å². The Bertz CT molecular complexity index is 700. The van der Waals surface area contributed by atoms with E-state index in [4.69, 9.17) is 4.42 Å². The second kappa shape index (κ2) is 6.77. The van der Waals surface area contributed by atoms with E-state index in [0.29, 0.717) is 12.3 Å². The van der Waals surface area contributed by atoms with Crippen LogP contribution in [0.1, 0.15) is 43.6 Å². The fourth-order valence-corrected chi connectivity index (χ4v) is 2.94. The van der Waals surface area contributed by atoms with E-state index < -0.39 is 0 Å². The zero-order valence-corrected chi connectivity index (χ0v) is 13.0.